The number of carbonyl (C=O) groups excluding carboxylic acids is 2. The van der Waals surface area contributed by atoms with Gasteiger partial charge in [0.15, 0.2) is 11.5 Å². The first-order valence-electron chi connectivity index (χ1n) is 10.6. The Labute approximate surface area is 178 Å². The Bertz CT molecular complexity index is 860. The summed E-state index contributed by atoms with van der Waals surface area (Å²) in [4.78, 5) is 26.6. The lowest BCUT2D eigenvalue weighted by Gasteiger charge is -2.32. The Morgan fingerprint density at radius 1 is 1.03 bits per heavy atom. The number of hydrogen-bond acceptors (Lipinski definition) is 4. The summed E-state index contributed by atoms with van der Waals surface area (Å²) in [5, 5.41) is 2.84. The zero-order chi connectivity index (χ0) is 21.3. The van der Waals surface area contributed by atoms with Gasteiger partial charge in [-0.2, -0.15) is 0 Å². The topological polar surface area (TPSA) is 67.9 Å². The standard InChI is InChI=1S/C24H30N2O4/c1-3-29-21-10-6-7-11-22(21)30-19-13-16-26(17-14-19)23(27)12-15-25-24(28)20-9-5-4-8-18(20)2/h4-11,19H,3,12-17H2,1-2H3,(H,25,28). The van der Waals surface area contributed by atoms with Crippen LogP contribution in [0.5, 0.6) is 11.5 Å². The molecule has 2 aromatic rings. The van der Waals surface area contributed by atoms with E-state index in [1.807, 2.05) is 61.2 Å². The number of ether oxygens (including phenoxy) is 2. The Hall–Kier alpha value is -3.02. The van der Waals surface area contributed by atoms with Crippen LogP contribution in [0, 0.1) is 6.92 Å². The normalized spacial score (nSPS) is 14.3. The van der Waals surface area contributed by atoms with E-state index in [9.17, 15) is 9.59 Å². The van der Waals surface area contributed by atoms with Gasteiger partial charge in [-0.25, -0.2) is 0 Å². The Kier molecular flexibility index (Phi) is 7.71. The van der Waals surface area contributed by atoms with Crippen LogP contribution in [0.2, 0.25) is 0 Å². The zero-order valence-corrected chi connectivity index (χ0v) is 17.7. The van der Waals surface area contributed by atoms with E-state index in [0.717, 1.165) is 29.9 Å². The minimum Gasteiger partial charge on any atom is -0.490 e. The van der Waals surface area contributed by atoms with E-state index in [1.165, 1.54) is 0 Å². The predicted molar refractivity (Wildman–Crippen MR) is 116 cm³/mol. The van der Waals surface area contributed by atoms with E-state index in [-0.39, 0.29) is 17.9 Å². The summed E-state index contributed by atoms with van der Waals surface area (Å²) in [5.74, 6) is 1.43. The van der Waals surface area contributed by atoms with Crippen molar-refractivity contribution in [1.82, 2.24) is 10.2 Å². The molecular formula is C24H30N2O4. The number of nitrogens with zero attached hydrogens (tertiary/aromatic N) is 1. The van der Waals surface area contributed by atoms with Gasteiger partial charge in [-0.1, -0.05) is 30.3 Å². The summed E-state index contributed by atoms with van der Waals surface area (Å²) in [6, 6.07) is 15.1. The van der Waals surface area contributed by atoms with E-state index >= 15 is 0 Å². The van der Waals surface area contributed by atoms with Crippen LogP contribution in [-0.4, -0.2) is 49.1 Å². The lowest BCUT2D eigenvalue weighted by atomic mass is 10.1. The number of hydrogen-bond donors (Lipinski definition) is 1. The van der Waals surface area contributed by atoms with Crippen LogP contribution < -0.4 is 14.8 Å². The number of carbonyl (C=O) groups is 2. The highest BCUT2D eigenvalue weighted by atomic mass is 16.5. The number of para-hydroxylation sites is 2. The maximum Gasteiger partial charge on any atom is 0.251 e. The lowest BCUT2D eigenvalue weighted by Crippen LogP contribution is -2.42. The third-order valence-electron chi connectivity index (χ3n) is 5.25. The van der Waals surface area contributed by atoms with Crippen molar-refractivity contribution in [2.75, 3.05) is 26.2 Å². The molecule has 0 spiro atoms. The summed E-state index contributed by atoms with van der Waals surface area (Å²) >= 11 is 0. The van der Waals surface area contributed by atoms with E-state index < -0.39 is 0 Å². The fourth-order valence-corrected chi connectivity index (χ4v) is 3.59. The monoisotopic (exact) mass is 410 g/mol. The van der Waals surface area contributed by atoms with E-state index in [1.54, 1.807) is 6.07 Å². The number of rotatable bonds is 8. The van der Waals surface area contributed by atoms with Gasteiger partial charge in [-0.3, -0.25) is 9.59 Å². The van der Waals surface area contributed by atoms with Crippen LogP contribution in [0.25, 0.3) is 0 Å². The van der Waals surface area contributed by atoms with Crippen molar-refractivity contribution in [3.8, 4) is 11.5 Å². The predicted octanol–water partition coefficient (Wildman–Crippen LogP) is 3.58. The van der Waals surface area contributed by atoms with Gasteiger partial charge in [0.2, 0.25) is 5.91 Å². The summed E-state index contributed by atoms with van der Waals surface area (Å²) in [7, 11) is 0. The molecule has 2 aromatic carbocycles. The molecule has 1 aliphatic heterocycles. The number of amides is 2. The average Bonchev–Trinajstić information content (AvgIpc) is 2.76. The zero-order valence-electron chi connectivity index (χ0n) is 17.7. The van der Waals surface area contributed by atoms with Crippen molar-refractivity contribution in [3.63, 3.8) is 0 Å². The largest absolute Gasteiger partial charge is 0.490 e. The Morgan fingerprint density at radius 2 is 1.70 bits per heavy atom. The molecule has 3 rings (SSSR count). The minimum absolute atomic E-state index is 0.0632. The molecule has 6 nitrogen and oxygen atoms in total. The first-order chi connectivity index (χ1) is 14.6. The minimum atomic E-state index is -0.138. The van der Waals surface area contributed by atoms with Crippen molar-refractivity contribution in [2.45, 2.75) is 39.2 Å². The smallest absolute Gasteiger partial charge is 0.251 e. The molecule has 0 aromatic heterocycles. The number of piperidine rings is 1. The fourth-order valence-electron chi connectivity index (χ4n) is 3.59. The van der Waals surface area contributed by atoms with Crippen molar-refractivity contribution in [2.24, 2.45) is 0 Å². The maximum absolute atomic E-state index is 12.5. The summed E-state index contributed by atoms with van der Waals surface area (Å²) in [5.41, 5.74) is 1.57. The summed E-state index contributed by atoms with van der Waals surface area (Å²) in [6.07, 6.45) is 1.93. The van der Waals surface area contributed by atoms with Gasteiger partial charge in [0.05, 0.1) is 6.61 Å². The highest BCUT2D eigenvalue weighted by Gasteiger charge is 2.24. The highest BCUT2D eigenvalue weighted by Crippen LogP contribution is 2.29. The van der Waals surface area contributed by atoms with Gasteiger partial charge < -0.3 is 19.7 Å². The quantitative estimate of drug-likeness (QED) is 0.722. The second-order valence-electron chi connectivity index (χ2n) is 7.40. The van der Waals surface area contributed by atoms with Gasteiger partial charge in [0.25, 0.3) is 5.91 Å². The number of benzene rings is 2. The van der Waals surface area contributed by atoms with Gasteiger partial charge in [0, 0.05) is 44.5 Å². The average molecular weight is 411 g/mol. The molecule has 0 aliphatic carbocycles. The van der Waals surface area contributed by atoms with E-state index in [4.69, 9.17) is 9.47 Å². The highest BCUT2D eigenvalue weighted by molar-refractivity contribution is 5.95. The van der Waals surface area contributed by atoms with Crippen LogP contribution in [0.15, 0.2) is 48.5 Å². The molecule has 1 fully saturated rings. The summed E-state index contributed by atoms with van der Waals surface area (Å²) < 4.78 is 11.7. The van der Waals surface area contributed by atoms with Crippen LogP contribution in [0.4, 0.5) is 0 Å². The molecule has 0 saturated carbocycles. The molecule has 1 N–H and O–H groups in total. The second kappa shape index (κ2) is 10.7. The molecule has 0 atom stereocenters. The molecule has 0 radical (unpaired) electrons. The molecule has 1 heterocycles. The van der Waals surface area contributed by atoms with Crippen molar-refractivity contribution in [1.29, 1.82) is 0 Å². The third-order valence-corrected chi connectivity index (χ3v) is 5.25. The number of likely N-dealkylation sites (tertiary alicyclic amines) is 1. The van der Waals surface area contributed by atoms with Crippen molar-refractivity contribution < 1.29 is 19.1 Å². The molecule has 2 amide bonds. The van der Waals surface area contributed by atoms with Gasteiger partial charge in [-0.15, -0.1) is 0 Å². The second-order valence-corrected chi connectivity index (χ2v) is 7.40. The Morgan fingerprint density at radius 3 is 2.40 bits per heavy atom. The van der Waals surface area contributed by atoms with Crippen LogP contribution in [0.1, 0.15) is 42.1 Å². The molecule has 30 heavy (non-hydrogen) atoms. The van der Waals surface area contributed by atoms with E-state index in [0.29, 0.717) is 38.2 Å². The van der Waals surface area contributed by atoms with E-state index in [2.05, 4.69) is 5.32 Å². The van der Waals surface area contributed by atoms with Gasteiger partial charge in [0.1, 0.15) is 6.10 Å². The van der Waals surface area contributed by atoms with Crippen LogP contribution >= 0.6 is 0 Å². The van der Waals surface area contributed by atoms with Gasteiger partial charge in [-0.05, 0) is 37.6 Å². The first kappa shape index (κ1) is 21.7. The number of aryl methyl sites for hydroxylation is 1. The third kappa shape index (κ3) is 5.75. The molecule has 1 saturated heterocycles. The fraction of sp³-hybridized carbons (Fsp3) is 0.417. The number of nitrogens with one attached hydrogen (secondary N) is 1. The molecule has 160 valence electrons. The summed E-state index contributed by atoms with van der Waals surface area (Å²) in [6.45, 7) is 6.10. The Balaban J connectivity index is 1.41. The SMILES string of the molecule is CCOc1ccccc1OC1CCN(C(=O)CCNC(=O)c2ccccc2C)CC1. The van der Waals surface area contributed by atoms with Crippen molar-refractivity contribution >= 4 is 11.8 Å². The van der Waals surface area contributed by atoms with Crippen LogP contribution in [-0.2, 0) is 4.79 Å². The lowest BCUT2D eigenvalue weighted by molar-refractivity contribution is -0.132. The molecule has 6 heteroatoms. The molecule has 0 bridgehead atoms. The first-order valence-corrected chi connectivity index (χ1v) is 10.6. The molecular weight excluding hydrogens is 380 g/mol. The maximum atomic E-state index is 12.5. The molecule has 1 aliphatic rings. The van der Waals surface area contributed by atoms with Gasteiger partial charge >= 0.3 is 0 Å². The van der Waals surface area contributed by atoms with Crippen LogP contribution in [0.3, 0.4) is 0 Å². The molecule has 0 unspecified atom stereocenters. The van der Waals surface area contributed by atoms with Crippen molar-refractivity contribution in [3.05, 3.63) is 59.7 Å².